The van der Waals surface area contributed by atoms with Crippen LogP contribution >= 0.6 is 11.6 Å². The quantitative estimate of drug-likeness (QED) is 0.445. The molecule has 3 aliphatic heterocycles. The number of halogens is 2. The second-order valence-corrected chi connectivity index (χ2v) is 12.5. The number of aryl methyl sites for hydroxylation is 1. The van der Waals surface area contributed by atoms with Crippen LogP contribution in [0, 0.1) is 12.7 Å². The van der Waals surface area contributed by atoms with E-state index in [1.807, 2.05) is 32.6 Å². The number of fused-ring (bicyclic) bond motifs is 3. The first kappa shape index (κ1) is 26.0. The molecule has 1 amide bonds. The van der Waals surface area contributed by atoms with Gasteiger partial charge in [0, 0.05) is 47.9 Å². The van der Waals surface area contributed by atoms with E-state index in [4.69, 9.17) is 30.8 Å². The van der Waals surface area contributed by atoms with Crippen molar-refractivity contribution in [2.75, 3.05) is 24.6 Å². The smallest absolute Gasteiger partial charge is 0.410 e. The van der Waals surface area contributed by atoms with Crippen molar-refractivity contribution in [2.45, 2.75) is 102 Å². The van der Waals surface area contributed by atoms with Crippen molar-refractivity contribution in [3.63, 3.8) is 0 Å². The summed E-state index contributed by atoms with van der Waals surface area (Å²) in [6, 6.07) is 0.0131. The third kappa shape index (κ3) is 4.60. The average Bonchev–Trinajstić information content (AvgIpc) is 3.57. The molecule has 6 rings (SSSR count). The maximum absolute atomic E-state index is 15.8. The lowest BCUT2D eigenvalue weighted by atomic mass is 9.97. The highest BCUT2D eigenvalue weighted by atomic mass is 35.5. The Bertz CT molecular complexity index is 1240. The summed E-state index contributed by atoms with van der Waals surface area (Å²) < 4.78 is 33.9. The van der Waals surface area contributed by atoms with Crippen LogP contribution in [0.4, 0.5) is 15.0 Å². The van der Waals surface area contributed by atoms with Gasteiger partial charge >= 0.3 is 6.09 Å². The molecule has 1 saturated carbocycles. The summed E-state index contributed by atoms with van der Waals surface area (Å²) in [5, 5.41) is 0.898. The Balaban J connectivity index is 1.36. The van der Waals surface area contributed by atoms with E-state index in [9.17, 15) is 4.79 Å². The third-order valence-corrected chi connectivity index (χ3v) is 8.41. The molecule has 8 nitrogen and oxygen atoms in total. The lowest BCUT2D eigenvalue weighted by Crippen LogP contribution is -2.57. The van der Waals surface area contributed by atoms with Crippen molar-refractivity contribution in [3.05, 3.63) is 28.4 Å². The first-order chi connectivity index (χ1) is 18.1. The summed E-state index contributed by atoms with van der Waals surface area (Å²) in [5.41, 5.74) is 0.298. The van der Waals surface area contributed by atoms with E-state index in [1.165, 1.54) is 0 Å². The number of ether oxygens (including phenoxy) is 3. The molecular weight excluding hydrogens is 511 g/mol. The van der Waals surface area contributed by atoms with E-state index in [-0.39, 0.29) is 29.6 Å². The van der Waals surface area contributed by atoms with Crippen molar-refractivity contribution < 1.29 is 23.4 Å². The fourth-order valence-corrected chi connectivity index (χ4v) is 6.56. The van der Waals surface area contributed by atoms with Gasteiger partial charge in [0.1, 0.15) is 11.4 Å². The SMILES string of the molecule is Cc1nc(N2CC3CCC(C2)N3C(=O)OC(C)(C)C)c2cnc(Cl)c(F)c2c1C1(OC2CCCCO2)CC1. The maximum Gasteiger partial charge on any atom is 0.410 e. The molecule has 4 fully saturated rings. The highest BCUT2D eigenvalue weighted by molar-refractivity contribution is 6.30. The molecule has 0 N–H and O–H groups in total. The normalized spacial score (nSPS) is 26.6. The Kier molecular flexibility index (Phi) is 6.47. The molecule has 3 saturated heterocycles. The number of amides is 1. The van der Waals surface area contributed by atoms with E-state index in [0.717, 1.165) is 56.2 Å². The number of nitrogens with zero attached hydrogens (tertiary/aromatic N) is 4. The van der Waals surface area contributed by atoms with Crippen molar-refractivity contribution in [2.24, 2.45) is 0 Å². The molecule has 0 radical (unpaired) electrons. The topological polar surface area (TPSA) is 77.0 Å². The van der Waals surface area contributed by atoms with Gasteiger partial charge in [0.25, 0.3) is 0 Å². The van der Waals surface area contributed by atoms with Crippen LogP contribution in [-0.2, 0) is 19.8 Å². The van der Waals surface area contributed by atoms with Crippen LogP contribution in [0.3, 0.4) is 0 Å². The largest absolute Gasteiger partial charge is 0.444 e. The monoisotopic (exact) mass is 546 g/mol. The number of hydrogen-bond acceptors (Lipinski definition) is 7. The minimum Gasteiger partial charge on any atom is -0.444 e. The molecule has 2 bridgehead atoms. The molecule has 0 spiro atoms. The van der Waals surface area contributed by atoms with Crippen LogP contribution in [0.5, 0.6) is 0 Å². The zero-order chi connectivity index (χ0) is 26.8. The van der Waals surface area contributed by atoms with E-state index >= 15 is 4.39 Å². The number of hydrogen-bond donors (Lipinski definition) is 0. The third-order valence-electron chi connectivity index (χ3n) is 8.14. The summed E-state index contributed by atoms with van der Waals surface area (Å²) in [4.78, 5) is 26.2. The number of piperazine rings is 1. The molecule has 206 valence electrons. The number of carbonyl (C=O) groups is 1. The van der Waals surface area contributed by atoms with Gasteiger partial charge in [-0.2, -0.15) is 0 Å². The standard InChI is InChI=1S/C28H36ClFN4O4/c1-16-22(28(10-11-28)37-20-7-5-6-12-36-20)21-19(13-31-24(29)23(21)30)25(32-16)33-14-17-8-9-18(15-33)34(17)26(35)38-27(2,3)4/h13,17-18,20H,5-12,14-15H2,1-4H3. The van der Waals surface area contributed by atoms with Crippen LogP contribution in [0.15, 0.2) is 6.20 Å². The Morgan fingerprint density at radius 3 is 2.50 bits per heavy atom. The van der Waals surface area contributed by atoms with Gasteiger partial charge in [-0.15, -0.1) is 0 Å². The van der Waals surface area contributed by atoms with Crippen molar-refractivity contribution in [3.8, 4) is 0 Å². The van der Waals surface area contributed by atoms with Gasteiger partial charge in [-0.1, -0.05) is 11.6 Å². The molecule has 1 aliphatic carbocycles. The Morgan fingerprint density at radius 1 is 1.18 bits per heavy atom. The van der Waals surface area contributed by atoms with Crippen molar-refractivity contribution in [1.82, 2.24) is 14.9 Å². The summed E-state index contributed by atoms with van der Waals surface area (Å²) in [6.07, 6.45) is 7.33. The van der Waals surface area contributed by atoms with Gasteiger partial charge in [-0.25, -0.2) is 19.2 Å². The second-order valence-electron chi connectivity index (χ2n) is 12.1. The average molecular weight is 547 g/mol. The van der Waals surface area contributed by atoms with Crippen LogP contribution < -0.4 is 4.90 Å². The van der Waals surface area contributed by atoms with E-state index < -0.39 is 17.0 Å². The molecule has 3 unspecified atom stereocenters. The minimum absolute atomic E-state index is 0.00657. The van der Waals surface area contributed by atoms with E-state index in [1.54, 1.807) is 6.20 Å². The summed E-state index contributed by atoms with van der Waals surface area (Å²) >= 11 is 6.23. The molecule has 2 aromatic rings. The zero-order valence-corrected chi connectivity index (χ0v) is 23.3. The van der Waals surface area contributed by atoms with Crippen LogP contribution in [0.2, 0.25) is 5.15 Å². The second kappa shape index (κ2) is 9.45. The molecule has 2 aromatic heterocycles. The summed E-state index contributed by atoms with van der Waals surface area (Å²) in [5.74, 6) is 0.135. The van der Waals surface area contributed by atoms with Gasteiger partial charge in [0.2, 0.25) is 0 Å². The fourth-order valence-electron chi connectivity index (χ4n) is 6.42. The fraction of sp³-hybridized carbons (Fsp3) is 0.679. The molecule has 3 atom stereocenters. The highest BCUT2D eigenvalue weighted by Gasteiger charge is 2.51. The van der Waals surface area contributed by atoms with Gasteiger partial charge in [-0.05, 0) is 72.6 Å². The molecular formula is C28H36ClFN4O4. The number of anilines is 1. The van der Waals surface area contributed by atoms with Crippen molar-refractivity contribution >= 4 is 34.3 Å². The van der Waals surface area contributed by atoms with Gasteiger partial charge < -0.3 is 19.1 Å². The molecule has 0 aromatic carbocycles. The van der Waals surface area contributed by atoms with E-state index in [2.05, 4.69) is 9.88 Å². The van der Waals surface area contributed by atoms with Crippen molar-refractivity contribution in [1.29, 1.82) is 0 Å². The number of pyridine rings is 2. The number of carbonyl (C=O) groups excluding carboxylic acids is 1. The van der Waals surface area contributed by atoms with Crippen LogP contribution in [0.25, 0.3) is 10.8 Å². The lowest BCUT2D eigenvalue weighted by molar-refractivity contribution is -0.199. The number of aromatic nitrogens is 2. The molecule has 5 heterocycles. The van der Waals surface area contributed by atoms with Gasteiger partial charge in [0.05, 0.1) is 17.7 Å². The number of rotatable bonds is 4. The zero-order valence-electron chi connectivity index (χ0n) is 22.6. The van der Waals surface area contributed by atoms with Crippen LogP contribution in [0.1, 0.15) is 77.0 Å². The Labute approximate surface area is 227 Å². The summed E-state index contributed by atoms with van der Waals surface area (Å²) in [6.45, 7) is 9.44. The molecule has 10 heteroatoms. The minimum atomic E-state index is -0.629. The van der Waals surface area contributed by atoms with E-state index in [0.29, 0.717) is 36.3 Å². The first-order valence-electron chi connectivity index (χ1n) is 13.8. The maximum atomic E-state index is 15.8. The predicted molar refractivity (Wildman–Crippen MR) is 142 cm³/mol. The molecule has 4 aliphatic rings. The Hall–Kier alpha value is -2.23. The lowest BCUT2D eigenvalue weighted by Gasteiger charge is -2.42. The molecule has 38 heavy (non-hydrogen) atoms. The summed E-state index contributed by atoms with van der Waals surface area (Å²) in [7, 11) is 0. The first-order valence-corrected chi connectivity index (χ1v) is 14.1. The van der Waals surface area contributed by atoms with Gasteiger partial charge in [-0.3, -0.25) is 4.90 Å². The predicted octanol–water partition coefficient (Wildman–Crippen LogP) is 5.85. The van der Waals surface area contributed by atoms with Gasteiger partial charge in [0.15, 0.2) is 17.3 Å². The van der Waals surface area contributed by atoms with Crippen LogP contribution in [-0.4, -0.2) is 64.6 Å². The Morgan fingerprint density at radius 2 is 1.89 bits per heavy atom. The highest BCUT2D eigenvalue weighted by Crippen LogP contribution is 2.55.